The highest BCUT2D eigenvalue weighted by Gasteiger charge is 2.61. The molecule has 4 amide bonds. The van der Waals surface area contributed by atoms with Gasteiger partial charge in [-0.05, 0) is 56.6 Å². The molecule has 4 atom stereocenters. The Morgan fingerprint density at radius 2 is 2.05 bits per heavy atom. The maximum Gasteiger partial charge on any atom is 0.271 e. The van der Waals surface area contributed by atoms with E-state index in [0.29, 0.717) is 29.8 Å². The molecular weight excluding hydrogens is 488 g/mol. The third-order valence-electron chi connectivity index (χ3n) is 9.07. The Morgan fingerprint density at radius 1 is 1.32 bits per heavy atom. The lowest BCUT2D eigenvalue weighted by atomic mass is 9.44. The van der Waals surface area contributed by atoms with Crippen LogP contribution < -0.4 is 15.4 Å². The second kappa shape index (κ2) is 8.68. The number of pyridine rings is 1. The Bertz CT molecular complexity index is 1240. The van der Waals surface area contributed by atoms with Crippen LogP contribution in [0.4, 0.5) is 5.82 Å². The molecular formula is C27H32N6O5. The summed E-state index contributed by atoms with van der Waals surface area (Å²) in [5.74, 6) is 0.371. The van der Waals surface area contributed by atoms with Crippen LogP contribution in [0.2, 0.25) is 0 Å². The summed E-state index contributed by atoms with van der Waals surface area (Å²) in [6, 6.07) is 3.05. The number of carbonyl (C=O) groups is 4. The third-order valence-corrected chi connectivity index (χ3v) is 9.07. The van der Waals surface area contributed by atoms with Crippen molar-refractivity contribution < 1.29 is 23.9 Å². The summed E-state index contributed by atoms with van der Waals surface area (Å²) in [6.07, 6.45) is 6.64. The van der Waals surface area contributed by atoms with Crippen molar-refractivity contribution in [3.05, 3.63) is 18.3 Å². The fourth-order valence-electron chi connectivity index (χ4n) is 6.42. The van der Waals surface area contributed by atoms with E-state index in [1.807, 2.05) is 0 Å². The molecule has 7 rings (SSSR count). The molecule has 2 bridgehead atoms. The molecule has 200 valence electrons. The zero-order valence-corrected chi connectivity index (χ0v) is 21.6. The second-order valence-electron chi connectivity index (χ2n) is 11.8. The summed E-state index contributed by atoms with van der Waals surface area (Å²) in [5, 5.41) is 15.5. The standard InChI is InChI=1S/C27H32N6O5/c1-15(30-24(36)26-9-17(10-26)11-26)22(34)32(2)19(8-16-5-6-16)23(35)33-14-27(12-18(33)13-28)25(37)31-21-20(38-27)4-3-7-29-21/h3-4,7,15-19H,5-6,8-12,14H2,1-2H3,(H,30,36)(H,29,31,37). The number of rotatable bonds is 7. The first-order chi connectivity index (χ1) is 18.1. The lowest BCUT2D eigenvalue weighted by Gasteiger charge is -2.60. The lowest BCUT2D eigenvalue weighted by Crippen LogP contribution is -2.63. The van der Waals surface area contributed by atoms with Crippen LogP contribution in [0.3, 0.4) is 0 Å². The van der Waals surface area contributed by atoms with Gasteiger partial charge in [0.25, 0.3) is 5.91 Å². The van der Waals surface area contributed by atoms with E-state index in [2.05, 4.69) is 21.7 Å². The Balaban J connectivity index is 1.19. The number of amides is 4. The van der Waals surface area contributed by atoms with E-state index in [1.54, 1.807) is 26.1 Å². The van der Waals surface area contributed by atoms with Gasteiger partial charge in [0.2, 0.25) is 23.3 Å². The summed E-state index contributed by atoms with van der Waals surface area (Å²) >= 11 is 0. The molecule has 11 heteroatoms. The van der Waals surface area contributed by atoms with Crippen LogP contribution >= 0.6 is 0 Å². The third kappa shape index (κ3) is 3.89. The summed E-state index contributed by atoms with van der Waals surface area (Å²) in [4.78, 5) is 60.1. The van der Waals surface area contributed by atoms with Crippen LogP contribution in [0.15, 0.2) is 18.3 Å². The van der Waals surface area contributed by atoms with Crippen LogP contribution in [0, 0.1) is 28.6 Å². The van der Waals surface area contributed by atoms with E-state index in [4.69, 9.17) is 4.74 Å². The van der Waals surface area contributed by atoms with Crippen LogP contribution in [-0.4, -0.2) is 75.7 Å². The van der Waals surface area contributed by atoms with Crippen LogP contribution in [0.5, 0.6) is 5.75 Å². The van der Waals surface area contributed by atoms with Crippen LogP contribution in [-0.2, 0) is 19.2 Å². The number of nitrogens with one attached hydrogen (secondary N) is 2. The first kappa shape index (κ1) is 24.6. The van der Waals surface area contributed by atoms with Gasteiger partial charge in [-0.2, -0.15) is 5.26 Å². The smallest absolute Gasteiger partial charge is 0.271 e. The van der Waals surface area contributed by atoms with Gasteiger partial charge in [0.1, 0.15) is 18.1 Å². The van der Waals surface area contributed by atoms with E-state index in [1.165, 1.54) is 16.0 Å². The topological polar surface area (TPSA) is 145 Å². The van der Waals surface area contributed by atoms with Crippen molar-refractivity contribution in [3.63, 3.8) is 0 Å². The van der Waals surface area contributed by atoms with Crippen molar-refractivity contribution in [1.82, 2.24) is 20.1 Å². The van der Waals surface area contributed by atoms with Crippen LogP contribution in [0.25, 0.3) is 0 Å². The molecule has 2 aliphatic heterocycles. The molecule has 1 aromatic heterocycles. The summed E-state index contributed by atoms with van der Waals surface area (Å²) in [5.41, 5.74) is -1.72. The molecule has 5 fully saturated rings. The number of anilines is 1. The molecule has 1 aromatic rings. The Labute approximate surface area is 220 Å². The highest BCUT2D eigenvalue weighted by atomic mass is 16.5. The first-order valence-corrected chi connectivity index (χ1v) is 13.4. The fraction of sp³-hybridized carbons (Fsp3) is 0.630. The van der Waals surface area contributed by atoms with E-state index in [9.17, 15) is 24.4 Å². The molecule has 11 nitrogen and oxygen atoms in total. The number of likely N-dealkylation sites (N-methyl/N-ethyl adjacent to an activating group) is 1. The van der Waals surface area contributed by atoms with E-state index in [0.717, 1.165) is 32.1 Å². The molecule has 1 spiro atoms. The number of hydrogen-bond donors (Lipinski definition) is 2. The average Bonchev–Trinajstić information content (AvgIpc) is 3.58. The van der Waals surface area contributed by atoms with Gasteiger partial charge in [-0.25, -0.2) is 4.98 Å². The highest BCUT2D eigenvalue weighted by molar-refractivity contribution is 6.01. The SMILES string of the molecule is CC(NC(=O)C12CC(C1)C2)C(=O)N(C)C(CC1CC1)C(=O)N1CC2(CC1C#N)Oc1cccnc1NC2=O. The predicted molar refractivity (Wildman–Crippen MR) is 133 cm³/mol. The summed E-state index contributed by atoms with van der Waals surface area (Å²) in [6.45, 7) is 1.54. The van der Waals surface area contributed by atoms with Crippen LogP contribution in [0.1, 0.15) is 51.9 Å². The van der Waals surface area contributed by atoms with Crippen molar-refractivity contribution in [2.24, 2.45) is 17.3 Å². The summed E-state index contributed by atoms with van der Waals surface area (Å²) in [7, 11) is 1.58. The Morgan fingerprint density at radius 3 is 2.68 bits per heavy atom. The van der Waals surface area contributed by atoms with Gasteiger partial charge in [-0.1, -0.05) is 12.8 Å². The minimum Gasteiger partial charge on any atom is -0.472 e. The molecule has 2 N–H and O–H groups in total. The minimum absolute atomic E-state index is 0.0127. The van der Waals surface area contributed by atoms with Gasteiger partial charge < -0.3 is 25.2 Å². The molecule has 4 aliphatic carbocycles. The number of fused-ring (bicyclic) bond motifs is 1. The number of likely N-dealkylation sites (tertiary alicyclic amines) is 1. The van der Waals surface area contributed by atoms with Gasteiger partial charge in [0.15, 0.2) is 11.6 Å². The molecule has 4 unspecified atom stereocenters. The van der Waals surface area contributed by atoms with Crippen molar-refractivity contribution >= 4 is 29.4 Å². The molecule has 3 heterocycles. The van der Waals surface area contributed by atoms with Gasteiger partial charge in [-0.15, -0.1) is 0 Å². The number of carbonyl (C=O) groups excluding carboxylic acids is 4. The van der Waals surface area contributed by atoms with Crippen molar-refractivity contribution in [3.8, 4) is 11.8 Å². The van der Waals surface area contributed by atoms with Crippen molar-refractivity contribution in [2.75, 3.05) is 18.9 Å². The van der Waals surface area contributed by atoms with E-state index >= 15 is 0 Å². The van der Waals surface area contributed by atoms with Crippen molar-refractivity contribution in [1.29, 1.82) is 5.26 Å². The monoisotopic (exact) mass is 520 g/mol. The largest absolute Gasteiger partial charge is 0.472 e. The maximum absolute atomic E-state index is 14.0. The number of nitrogens with zero attached hydrogens (tertiary/aromatic N) is 4. The predicted octanol–water partition coefficient (Wildman–Crippen LogP) is 1.21. The lowest BCUT2D eigenvalue weighted by molar-refractivity contribution is -0.167. The quantitative estimate of drug-likeness (QED) is 0.550. The maximum atomic E-state index is 14.0. The number of nitriles is 1. The molecule has 38 heavy (non-hydrogen) atoms. The number of aromatic nitrogens is 1. The molecule has 0 radical (unpaired) electrons. The Kier molecular flexibility index (Phi) is 5.63. The van der Waals surface area contributed by atoms with Gasteiger partial charge >= 0.3 is 0 Å². The van der Waals surface area contributed by atoms with E-state index < -0.39 is 29.6 Å². The molecule has 4 saturated carbocycles. The molecule has 0 aromatic carbocycles. The van der Waals surface area contributed by atoms with Crippen molar-refractivity contribution in [2.45, 2.75) is 75.6 Å². The zero-order chi connectivity index (χ0) is 26.8. The first-order valence-electron chi connectivity index (χ1n) is 13.4. The minimum atomic E-state index is -1.41. The summed E-state index contributed by atoms with van der Waals surface area (Å²) < 4.78 is 6.07. The number of hydrogen-bond acceptors (Lipinski definition) is 7. The molecule has 6 aliphatic rings. The zero-order valence-electron chi connectivity index (χ0n) is 21.6. The van der Waals surface area contributed by atoms with Gasteiger partial charge in [-0.3, -0.25) is 19.2 Å². The fourth-order valence-corrected chi connectivity index (χ4v) is 6.42. The second-order valence-corrected chi connectivity index (χ2v) is 11.8. The van der Waals surface area contributed by atoms with E-state index in [-0.39, 0.29) is 36.1 Å². The Hall–Kier alpha value is -3.68. The number of ether oxygens (including phenoxy) is 1. The van der Waals surface area contributed by atoms with Gasteiger partial charge in [0.05, 0.1) is 12.6 Å². The molecule has 1 saturated heterocycles. The average molecular weight is 521 g/mol. The van der Waals surface area contributed by atoms with Gasteiger partial charge in [0, 0.05) is 25.1 Å². The normalized spacial score (nSPS) is 31.9. The highest BCUT2D eigenvalue weighted by Crippen LogP contribution is 2.64.